The van der Waals surface area contributed by atoms with E-state index in [1.807, 2.05) is 0 Å². The third kappa shape index (κ3) is 4.20. The molecule has 3 aromatic rings. The predicted molar refractivity (Wildman–Crippen MR) is 112 cm³/mol. The van der Waals surface area contributed by atoms with Gasteiger partial charge in [-0.25, -0.2) is 0 Å². The van der Waals surface area contributed by atoms with Gasteiger partial charge in [-0.2, -0.15) is 18.3 Å². The first kappa shape index (κ1) is 21.5. The van der Waals surface area contributed by atoms with E-state index in [0.717, 1.165) is 17.2 Å². The Morgan fingerprint density at radius 3 is 2.72 bits per heavy atom. The van der Waals surface area contributed by atoms with Crippen molar-refractivity contribution in [2.24, 2.45) is 0 Å². The number of H-pyrrole nitrogens is 1. The number of hydrogen-bond donors (Lipinski definition) is 3. The number of amides is 1. The Morgan fingerprint density at radius 2 is 2.00 bits per heavy atom. The molecule has 1 atom stereocenters. The van der Waals surface area contributed by atoms with Gasteiger partial charge in [0.1, 0.15) is 12.4 Å². The fourth-order valence-corrected chi connectivity index (χ4v) is 3.74. The molecule has 0 aliphatic carbocycles. The number of alkyl halides is 3. The predicted octanol–water partition coefficient (Wildman–Crippen LogP) is 4.53. The normalized spacial score (nSPS) is 15.7. The summed E-state index contributed by atoms with van der Waals surface area (Å²) in [6.45, 7) is -0.285. The lowest BCUT2D eigenvalue weighted by Gasteiger charge is -2.23. The van der Waals surface area contributed by atoms with Gasteiger partial charge in [0.2, 0.25) is 5.91 Å². The fourth-order valence-electron chi connectivity index (χ4n) is 3.74. The van der Waals surface area contributed by atoms with Crippen LogP contribution in [-0.2, 0) is 17.6 Å². The van der Waals surface area contributed by atoms with Gasteiger partial charge in [-0.3, -0.25) is 9.89 Å². The molecule has 0 fully saturated rings. The number of carbonyl (C=O) groups excluding carboxylic acids is 1. The maximum absolute atomic E-state index is 13.5. The minimum absolute atomic E-state index is 0.00891. The van der Waals surface area contributed by atoms with Gasteiger partial charge in [-0.05, 0) is 29.8 Å². The lowest BCUT2D eigenvalue weighted by atomic mass is 9.87. The Kier molecular flexibility index (Phi) is 5.68. The van der Waals surface area contributed by atoms with Crippen molar-refractivity contribution < 1.29 is 27.4 Å². The van der Waals surface area contributed by atoms with Crippen molar-refractivity contribution >= 4 is 17.4 Å². The zero-order valence-electron chi connectivity index (χ0n) is 17.3. The van der Waals surface area contributed by atoms with Crippen LogP contribution in [0.25, 0.3) is 0 Å². The second kappa shape index (κ2) is 8.45. The number of hydrogen-bond acceptors (Lipinski definition) is 5. The van der Waals surface area contributed by atoms with Gasteiger partial charge in [0.25, 0.3) is 0 Å². The minimum atomic E-state index is -4.51. The summed E-state index contributed by atoms with van der Waals surface area (Å²) in [7, 11) is 3.01. The van der Waals surface area contributed by atoms with E-state index in [2.05, 4.69) is 20.8 Å². The number of methoxy groups -OCH3 is 1. The second-order valence-corrected chi connectivity index (χ2v) is 7.32. The van der Waals surface area contributed by atoms with Crippen LogP contribution in [0.15, 0.2) is 42.6 Å². The molecule has 168 valence electrons. The molecule has 0 spiro atoms. The van der Waals surface area contributed by atoms with Crippen LogP contribution >= 0.6 is 0 Å². The van der Waals surface area contributed by atoms with E-state index in [9.17, 15) is 18.0 Å². The quantitative estimate of drug-likeness (QED) is 0.518. The Morgan fingerprint density at radius 1 is 1.19 bits per heavy atom. The van der Waals surface area contributed by atoms with E-state index in [1.165, 1.54) is 13.2 Å². The summed E-state index contributed by atoms with van der Waals surface area (Å²) < 4.78 is 51.5. The number of benzene rings is 2. The number of aromatic nitrogens is 2. The molecule has 10 heteroatoms. The smallest absolute Gasteiger partial charge is 0.416 e. The molecule has 0 saturated heterocycles. The molecule has 7 nitrogen and oxygen atoms in total. The van der Waals surface area contributed by atoms with Gasteiger partial charge in [-0.1, -0.05) is 12.1 Å². The van der Waals surface area contributed by atoms with Crippen molar-refractivity contribution in [1.29, 1.82) is 0 Å². The number of fused-ring (bicyclic) bond motifs is 1. The molecular formula is C22H21F3N4O3. The number of ether oxygens (including phenoxy) is 2. The summed E-state index contributed by atoms with van der Waals surface area (Å²) in [6.07, 6.45) is -2.62. The molecule has 32 heavy (non-hydrogen) atoms. The van der Waals surface area contributed by atoms with Crippen LogP contribution in [0.2, 0.25) is 0 Å². The van der Waals surface area contributed by atoms with Crippen molar-refractivity contribution in [1.82, 2.24) is 10.2 Å². The first-order valence-corrected chi connectivity index (χ1v) is 9.82. The summed E-state index contributed by atoms with van der Waals surface area (Å²) in [5, 5.41) is 12.2. The highest BCUT2D eigenvalue weighted by atomic mass is 19.4. The fraction of sp³-hybridized carbons (Fsp3) is 0.273. The molecular weight excluding hydrogens is 425 g/mol. The molecule has 1 aliphatic heterocycles. The van der Waals surface area contributed by atoms with Gasteiger partial charge in [-0.15, -0.1) is 0 Å². The topological polar surface area (TPSA) is 88.3 Å². The first-order valence-electron chi connectivity index (χ1n) is 9.82. The van der Waals surface area contributed by atoms with Crippen molar-refractivity contribution in [2.75, 3.05) is 24.8 Å². The molecule has 2 aromatic carbocycles. The second-order valence-electron chi connectivity index (χ2n) is 7.32. The van der Waals surface area contributed by atoms with Crippen molar-refractivity contribution in [3.05, 3.63) is 64.8 Å². The van der Waals surface area contributed by atoms with Crippen molar-refractivity contribution in [3.63, 3.8) is 0 Å². The Bertz CT molecular complexity index is 1140. The third-order valence-electron chi connectivity index (χ3n) is 5.38. The molecule has 0 bridgehead atoms. The molecule has 0 saturated carbocycles. The third-order valence-corrected chi connectivity index (χ3v) is 5.38. The molecule has 0 radical (unpaired) electrons. The Hall–Kier alpha value is -3.69. The Labute approximate surface area is 181 Å². The van der Waals surface area contributed by atoms with E-state index in [-0.39, 0.29) is 30.4 Å². The van der Waals surface area contributed by atoms with Gasteiger partial charge in [0.05, 0.1) is 18.9 Å². The average molecular weight is 446 g/mol. The highest BCUT2D eigenvalue weighted by Gasteiger charge is 2.34. The molecule has 1 unspecified atom stereocenters. The maximum atomic E-state index is 13.5. The lowest BCUT2D eigenvalue weighted by Crippen LogP contribution is -2.23. The van der Waals surface area contributed by atoms with Crippen LogP contribution in [0, 0.1) is 0 Å². The molecule has 1 amide bonds. The molecule has 1 aromatic heterocycles. The first-order chi connectivity index (χ1) is 15.3. The average Bonchev–Trinajstić information content (AvgIpc) is 3.24. The molecule has 3 N–H and O–H groups in total. The summed E-state index contributed by atoms with van der Waals surface area (Å²) in [6, 6.07) is 9.13. The molecule has 4 rings (SSSR count). The SMILES string of the molecule is CNc1ccc(COc2ccc(C3CC(=O)Nc4[nH]ncc43)cc2OC)c(C(F)(F)F)c1. The van der Waals surface area contributed by atoms with Crippen LogP contribution in [-0.4, -0.2) is 30.3 Å². The standard InChI is InChI=1S/C22H21F3N4O3/c1-26-14-5-3-13(17(8-14)22(23,24)25)11-32-18-6-4-12(7-19(18)31-2)15-9-20(30)28-21-16(15)10-27-29-21/h3-8,10,15,26H,9,11H2,1-2H3,(H2,27,28,29,30). The zero-order chi connectivity index (χ0) is 22.9. The van der Waals surface area contributed by atoms with Crippen LogP contribution in [0.1, 0.15) is 34.6 Å². The minimum Gasteiger partial charge on any atom is -0.493 e. The summed E-state index contributed by atoms with van der Waals surface area (Å²) in [5.74, 6) is 0.839. The number of nitrogens with one attached hydrogen (secondary N) is 3. The highest BCUT2D eigenvalue weighted by molar-refractivity contribution is 5.94. The van der Waals surface area contributed by atoms with E-state index >= 15 is 0 Å². The maximum Gasteiger partial charge on any atom is 0.416 e. The van der Waals surface area contributed by atoms with E-state index in [1.54, 1.807) is 37.5 Å². The molecule has 2 heterocycles. The number of nitrogens with zero attached hydrogens (tertiary/aromatic N) is 1. The number of rotatable bonds is 6. The summed E-state index contributed by atoms with van der Waals surface area (Å²) >= 11 is 0. The van der Waals surface area contributed by atoms with Crippen molar-refractivity contribution in [2.45, 2.75) is 25.1 Å². The van der Waals surface area contributed by atoms with E-state index in [4.69, 9.17) is 9.47 Å². The van der Waals surface area contributed by atoms with Crippen LogP contribution in [0.5, 0.6) is 11.5 Å². The van der Waals surface area contributed by atoms with Crippen LogP contribution in [0.4, 0.5) is 24.7 Å². The highest BCUT2D eigenvalue weighted by Crippen LogP contribution is 2.40. The van der Waals surface area contributed by atoms with Gasteiger partial charge < -0.3 is 20.1 Å². The molecule has 1 aliphatic rings. The number of carbonyl (C=O) groups is 1. The largest absolute Gasteiger partial charge is 0.493 e. The number of anilines is 2. The summed E-state index contributed by atoms with van der Waals surface area (Å²) in [5.41, 5.74) is 1.26. The van der Waals surface area contributed by atoms with Crippen molar-refractivity contribution in [3.8, 4) is 11.5 Å². The Balaban J connectivity index is 1.59. The van der Waals surface area contributed by atoms with Gasteiger partial charge in [0, 0.05) is 36.2 Å². The lowest BCUT2D eigenvalue weighted by molar-refractivity contribution is -0.138. The van der Waals surface area contributed by atoms with E-state index < -0.39 is 11.7 Å². The monoisotopic (exact) mass is 446 g/mol. The van der Waals surface area contributed by atoms with Gasteiger partial charge in [0.15, 0.2) is 11.5 Å². The number of aromatic amines is 1. The van der Waals surface area contributed by atoms with Crippen LogP contribution in [0.3, 0.4) is 0 Å². The van der Waals surface area contributed by atoms with Gasteiger partial charge >= 0.3 is 6.18 Å². The van der Waals surface area contributed by atoms with Crippen LogP contribution < -0.4 is 20.1 Å². The number of halogens is 3. The summed E-state index contributed by atoms with van der Waals surface area (Å²) in [4.78, 5) is 12.0. The zero-order valence-corrected chi connectivity index (χ0v) is 17.3. The van der Waals surface area contributed by atoms with E-state index in [0.29, 0.717) is 23.0 Å².